The normalized spacial score (nSPS) is 33.5. The van der Waals surface area contributed by atoms with E-state index >= 15 is 0 Å². The van der Waals surface area contributed by atoms with Gasteiger partial charge in [-0.1, -0.05) is 6.92 Å². The predicted octanol–water partition coefficient (Wildman–Crippen LogP) is -0.840. The van der Waals surface area contributed by atoms with Gasteiger partial charge in [-0.25, -0.2) is 4.79 Å². The number of rotatable bonds is 4. The number of aromatic nitrogens is 2. The van der Waals surface area contributed by atoms with Gasteiger partial charge in [0.1, 0.15) is 6.10 Å². The van der Waals surface area contributed by atoms with Gasteiger partial charge in [0.15, 0.2) is 12.0 Å². The Morgan fingerprint density at radius 3 is 2.70 bits per heavy atom. The average Bonchev–Trinajstić information content (AvgIpc) is 2.71. The smallest absolute Gasteiger partial charge is 0.330 e. The van der Waals surface area contributed by atoms with E-state index in [1.807, 2.05) is 6.92 Å². The van der Waals surface area contributed by atoms with Gasteiger partial charge in [0.05, 0.1) is 6.04 Å². The minimum atomic E-state index is -1.03. The maximum absolute atomic E-state index is 11.9. The first-order valence-electron chi connectivity index (χ1n) is 6.32. The number of hydrogen-bond acceptors (Lipinski definition) is 6. The molecule has 4 atom stereocenters. The van der Waals surface area contributed by atoms with E-state index in [-0.39, 0.29) is 0 Å². The fourth-order valence-electron chi connectivity index (χ4n) is 2.53. The van der Waals surface area contributed by atoms with Crippen molar-refractivity contribution in [2.75, 3.05) is 14.2 Å². The van der Waals surface area contributed by atoms with Gasteiger partial charge in [-0.05, 0) is 0 Å². The monoisotopic (exact) mass is 285 g/mol. The highest BCUT2D eigenvalue weighted by Gasteiger charge is 2.54. The van der Waals surface area contributed by atoms with Gasteiger partial charge in [0, 0.05) is 32.9 Å². The number of nitrogens with zero attached hydrogens (tertiary/aromatic N) is 1. The van der Waals surface area contributed by atoms with Gasteiger partial charge in [-0.3, -0.25) is 14.3 Å². The third kappa shape index (κ3) is 2.20. The first-order chi connectivity index (χ1) is 9.49. The van der Waals surface area contributed by atoms with Crippen LogP contribution in [0.4, 0.5) is 0 Å². The summed E-state index contributed by atoms with van der Waals surface area (Å²) in [5.74, 6) is -1.03. The molecular formula is C12H19N3O5. The van der Waals surface area contributed by atoms with Gasteiger partial charge in [-0.2, -0.15) is 0 Å². The molecule has 0 aromatic carbocycles. The zero-order valence-electron chi connectivity index (χ0n) is 11.7. The van der Waals surface area contributed by atoms with Crippen molar-refractivity contribution in [2.45, 2.75) is 37.5 Å². The molecule has 1 aliphatic rings. The molecule has 0 amide bonds. The van der Waals surface area contributed by atoms with Crippen molar-refractivity contribution >= 4 is 0 Å². The maximum atomic E-state index is 11.9. The Morgan fingerprint density at radius 1 is 1.50 bits per heavy atom. The second-order valence-electron chi connectivity index (χ2n) is 4.62. The number of ether oxygens (including phenoxy) is 3. The molecule has 2 heterocycles. The van der Waals surface area contributed by atoms with Crippen molar-refractivity contribution in [1.82, 2.24) is 9.55 Å². The molecular weight excluding hydrogens is 266 g/mol. The van der Waals surface area contributed by atoms with Crippen molar-refractivity contribution in [3.05, 3.63) is 33.1 Å². The second kappa shape index (κ2) is 5.49. The van der Waals surface area contributed by atoms with Crippen LogP contribution in [-0.4, -0.2) is 41.7 Å². The van der Waals surface area contributed by atoms with Crippen LogP contribution in [0, 0.1) is 0 Å². The molecule has 1 fully saturated rings. The average molecular weight is 285 g/mol. The maximum Gasteiger partial charge on any atom is 0.330 e. The highest BCUT2D eigenvalue weighted by Crippen LogP contribution is 2.39. The summed E-state index contributed by atoms with van der Waals surface area (Å²) < 4.78 is 17.8. The van der Waals surface area contributed by atoms with Crippen LogP contribution in [0.2, 0.25) is 0 Å². The van der Waals surface area contributed by atoms with Crippen LogP contribution in [0.1, 0.15) is 19.6 Å². The lowest BCUT2D eigenvalue weighted by atomic mass is 10.0. The Kier molecular flexibility index (Phi) is 4.09. The zero-order chi connectivity index (χ0) is 14.9. The summed E-state index contributed by atoms with van der Waals surface area (Å²) in [5, 5.41) is 0. The standard InChI is InChI=1S/C12H19N3O5/c1-4-12(19-3)9(13)8(18-2)10(20-12)15-6-5-7(16)14-11(15)17/h5-6,8-10H,4,13H2,1-3H3,(H,14,16,17)/t8-,9+,10-,12-/m1/s1. The topological polar surface area (TPSA) is 109 Å². The minimum absolute atomic E-state index is 0.476. The lowest BCUT2D eigenvalue weighted by Gasteiger charge is -2.29. The Bertz CT molecular complexity index is 577. The van der Waals surface area contributed by atoms with E-state index < -0.39 is 35.4 Å². The molecule has 0 unspecified atom stereocenters. The van der Waals surface area contributed by atoms with Gasteiger partial charge >= 0.3 is 5.69 Å². The van der Waals surface area contributed by atoms with Crippen molar-refractivity contribution in [3.8, 4) is 0 Å². The van der Waals surface area contributed by atoms with Crippen LogP contribution in [0.3, 0.4) is 0 Å². The van der Waals surface area contributed by atoms with Gasteiger partial charge in [-0.15, -0.1) is 0 Å². The first kappa shape index (κ1) is 14.9. The summed E-state index contributed by atoms with van der Waals surface area (Å²) in [6, 6.07) is 0.674. The first-order valence-corrected chi connectivity index (χ1v) is 6.32. The number of H-pyrrole nitrogens is 1. The van der Waals surface area contributed by atoms with Crippen LogP contribution < -0.4 is 17.0 Å². The molecule has 0 saturated carbocycles. The molecule has 112 valence electrons. The van der Waals surface area contributed by atoms with E-state index in [1.165, 1.54) is 31.0 Å². The molecule has 3 N–H and O–H groups in total. The molecule has 8 heteroatoms. The van der Waals surface area contributed by atoms with Gasteiger partial charge in [0.25, 0.3) is 5.56 Å². The van der Waals surface area contributed by atoms with Crippen molar-refractivity contribution in [3.63, 3.8) is 0 Å². The number of methoxy groups -OCH3 is 2. The van der Waals surface area contributed by atoms with E-state index in [9.17, 15) is 9.59 Å². The van der Waals surface area contributed by atoms with Crippen LogP contribution in [0.5, 0.6) is 0 Å². The molecule has 1 saturated heterocycles. The molecule has 1 aromatic rings. The molecule has 1 aromatic heterocycles. The largest absolute Gasteiger partial charge is 0.375 e. The fourth-order valence-corrected chi connectivity index (χ4v) is 2.53. The van der Waals surface area contributed by atoms with Crippen LogP contribution in [0.15, 0.2) is 21.9 Å². The highest BCUT2D eigenvalue weighted by molar-refractivity contribution is 4.99. The van der Waals surface area contributed by atoms with E-state index in [0.29, 0.717) is 6.42 Å². The lowest BCUT2D eigenvalue weighted by Crippen LogP contribution is -2.50. The predicted molar refractivity (Wildman–Crippen MR) is 70.2 cm³/mol. The summed E-state index contributed by atoms with van der Waals surface area (Å²) >= 11 is 0. The van der Waals surface area contributed by atoms with Crippen molar-refractivity contribution in [1.29, 1.82) is 0 Å². The second-order valence-corrected chi connectivity index (χ2v) is 4.62. The van der Waals surface area contributed by atoms with E-state index in [4.69, 9.17) is 19.9 Å². The third-order valence-corrected chi connectivity index (χ3v) is 3.70. The molecule has 2 rings (SSSR count). The van der Waals surface area contributed by atoms with Crippen molar-refractivity contribution in [2.24, 2.45) is 5.73 Å². The fraction of sp³-hybridized carbons (Fsp3) is 0.667. The lowest BCUT2D eigenvalue weighted by molar-refractivity contribution is -0.233. The minimum Gasteiger partial charge on any atom is -0.375 e. The van der Waals surface area contributed by atoms with Crippen LogP contribution in [-0.2, 0) is 14.2 Å². The summed E-state index contributed by atoms with van der Waals surface area (Å²) in [4.78, 5) is 25.2. The summed E-state index contributed by atoms with van der Waals surface area (Å²) in [6.45, 7) is 1.87. The van der Waals surface area contributed by atoms with Crippen LogP contribution in [0.25, 0.3) is 0 Å². The van der Waals surface area contributed by atoms with E-state index in [1.54, 1.807) is 0 Å². The number of nitrogens with one attached hydrogen (secondary N) is 1. The molecule has 1 aliphatic heterocycles. The number of aromatic amines is 1. The molecule has 8 nitrogen and oxygen atoms in total. The quantitative estimate of drug-likeness (QED) is 0.746. The van der Waals surface area contributed by atoms with Crippen LogP contribution >= 0.6 is 0 Å². The highest BCUT2D eigenvalue weighted by atomic mass is 16.7. The van der Waals surface area contributed by atoms with Gasteiger partial charge in [0.2, 0.25) is 0 Å². The third-order valence-electron chi connectivity index (χ3n) is 3.70. The van der Waals surface area contributed by atoms with E-state index in [2.05, 4.69) is 4.98 Å². The van der Waals surface area contributed by atoms with E-state index in [0.717, 1.165) is 0 Å². The molecule has 0 bridgehead atoms. The number of nitrogens with two attached hydrogens (primary N) is 1. The molecule has 0 aliphatic carbocycles. The molecule has 0 radical (unpaired) electrons. The van der Waals surface area contributed by atoms with Gasteiger partial charge < -0.3 is 19.9 Å². The molecule has 0 spiro atoms. The zero-order valence-corrected chi connectivity index (χ0v) is 11.7. The number of hydrogen-bond donors (Lipinski definition) is 2. The Hall–Kier alpha value is -1.48. The molecule has 20 heavy (non-hydrogen) atoms. The SMILES string of the molecule is CC[C@@]1(OC)O[C@@H](n2ccc(=O)[nH]c2=O)[C@H](OC)[C@@H]1N. The summed E-state index contributed by atoms with van der Waals surface area (Å²) in [7, 11) is 2.98. The Balaban J connectivity index is 2.46. The Labute approximate surface area is 115 Å². The Morgan fingerprint density at radius 2 is 2.20 bits per heavy atom. The summed E-state index contributed by atoms with van der Waals surface area (Å²) in [5.41, 5.74) is 5.08. The van der Waals surface area contributed by atoms with Crippen molar-refractivity contribution < 1.29 is 14.2 Å². The summed E-state index contributed by atoms with van der Waals surface area (Å²) in [6.07, 6.45) is 0.517.